The summed E-state index contributed by atoms with van der Waals surface area (Å²) in [6.07, 6.45) is 4.82. The second-order valence-electron chi connectivity index (χ2n) is 4.46. The van der Waals surface area contributed by atoms with E-state index in [1.807, 2.05) is 6.92 Å². The van der Waals surface area contributed by atoms with E-state index >= 15 is 0 Å². The van der Waals surface area contributed by atoms with Crippen LogP contribution in [0.25, 0.3) is 0 Å². The zero-order valence-electron chi connectivity index (χ0n) is 10.2. The Bertz CT molecular complexity index is 209. The first-order chi connectivity index (χ1) is 7.74. The van der Waals surface area contributed by atoms with E-state index in [1.165, 1.54) is 6.42 Å². The lowest BCUT2D eigenvalue weighted by Crippen LogP contribution is -2.35. The van der Waals surface area contributed by atoms with Gasteiger partial charge in [0.05, 0.1) is 0 Å². The predicted octanol–water partition coefficient (Wildman–Crippen LogP) is 1.05. The minimum absolute atomic E-state index is 0.124. The Morgan fingerprint density at radius 1 is 1.50 bits per heavy atom. The van der Waals surface area contributed by atoms with E-state index in [2.05, 4.69) is 5.32 Å². The van der Waals surface area contributed by atoms with Gasteiger partial charge in [0.1, 0.15) is 0 Å². The first-order valence-electron chi connectivity index (χ1n) is 6.34. The summed E-state index contributed by atoms with van der Waals surface area (Å²) >= 11 is 0. The molecule has 4 heteroatoms. The average Bonchev–Trinajstić information content (AvgIpc) is 2.67. The molecule has 1 saturated carbocycles. The monoisotopic (exact) mass is 228 g/mol. The molecule has 3 N–H and O–H groups in total. The molecule has 0 bridgehead atoms. The summed E-state index contributed by atoms with van der Waals surface area (Å²) in [6.45, 7) is 4.10. The van der Waals surface area contributed by atoms with E-state index in [0.717, 1.165) is 32.4 Å². The van der Waals surface area contributed by atoms with Crippen LogP contribution in [-0.4, -0.2) is 31.7 Å². The number of hydrogen-bond donors (Lipinski definition) is 2. The summed E-state index contributed by atoms with van der Waals surface area (Å²) in [6, 6.07) is 0.281. The van der Waals surface area contributed by atoms with Crippen LogP contribution in [0.15, 0.2) is 0 Å². The molecule has 0 aromatic carbocycles. The van der Waals surface area contributed by atoms with Crippen molar-refractivity contribution in [2.75, 3.05) is 19.8 Å². The van der Waals surface area contributed by atoms with Gasteiger partial charge in [0.2, 0.25) is 5.91 Å². The number of carbonyl (C=O) groups excluding carboxylic acids is 1. The molecule has 0 radical (unpaired) electrons. The highest BCUT2D eigenvalue weighted by Crippen LogP contribution is 2.22. The number of nitrogens with one attached hydrogen (secondary N) is 1. The number of hydrogen-bond acceptors (Lipinski definition) is 3. The molecular formula is C12H24N2O2. The molecule has 1 aliphatic carbocycles. The maximum absolute atomic E-state index is 11.5. The molecule has 94 valence electrons. The lowest BCUT2D eigenvalue weighted by molar-refractivity contribution is -0.121. The van der Waals surface area contributed by atoms with Crippen molar-refractivity contribution in [3.63, 3.8) is 0 Å². The normalized spacial score (nSPS) is 24.6. The van der Waals surface area contributed by atoms with Crippen molar-refractivity contribution in [3.8, 4) is 0 Å². The number of ether oxygens (including phenoxy) is 1. The maximum atomic E-state index is 11.5. The molecule has 1 aliphatic rings. The molecule has 0 saturated heterocycles. The fourth-order valence-electron chi connectivity index (χ4n) is 2.13. The van der Waals surface area contributed by atoms with Crippen LogP contribution in [0.4, 0.5) is 0 Å². The molecule has 2 atom stereocenters. The molecule has 1 amide bonds. The van der Waals surface area contributed by atoms with Crippen LogP contribution < -0.4 is 11.1 Å². The van der Waals surface area contributed by atoms with Gasteiger partial charge in [-0.25, -0.2) is 0 Å². The van der Waals surface area contributed by atoms with Gasteiger partial charge in [0.25, 0.3) is 0 Å². The van der Waals surface area contributed by atoms with Crippen molar-refractivity contribution in [2.45, 2.75) is 45.1 Å². The van der Waals surface area contributed by atoms with Crippen LogP contribution >= 0.6 is 0 Å². The number of nitrogens with two attached hydrogens (primary N) is 1. The van der Waals surface area contributed by atoms with Crippen molar-refractivity contribution in [3.05, 3.63) is 0 Å². The van der Waals surface area contributed by atoms with Gasteiger partial charge < -0.3 is 15.8 Å². The molecule has 1 fully saturated rings. The summed E-state index contributed by atoms with van der Waals surface area (Å²) in [7, 11) is 0. The van der Waals surface area contributed by atoms with Crippen molar-refractivity contribution in [1.29, 1.82) is 0 Å². The molecule has 0 spiro atoms. The minimum atomic E-state index is 0.124. The van der Waals surface area contributed by atoms with Gasteiger partial charge in [-0.2, -0.15) is 0 Å². The first-order valence-corrected chi connectivity index (χ1v) is 6.34. The van der Waals surface area contributed by atoms with E-state index in [9.17, 15) is 4.79 Å². The lowest BCUT2D eigenvalue weighted by atomic mass is 10.0. The van der Waals surface area contributed by atoms with Crippen molar-refractivity contribution < 1.29 is 9.53 Å². The van der Waals surface area contributed by atoms with Gasteiger partial charge >= 0.3 is 0 Å². The molecule has 0 aliphatic heterocycles. The Morgan fingerprint density at radius 2 is 2.31 bits per heavy atom. The quantitative estimate of drug-likeness (QED) is 0.640. The van der Waals surface area contributed by atoms with Gasteiger partial charge in [0.15, 0.2) is 0 Å². The van der Waals surface area contributed by atoms with E-state index in [4.69, 9.17) is 10.5 Å². The highest BCUT2D eigenvalue weighted by atomic mass is 16.5. The van der Waals surface area contributed by atoms with E-state index in [0.29, 0.717) is 18.9 Å². The molecule has 4 nitrogen and oxygen atoms in total. The van der Waals surface area contributed by atoms with Crippen LogP contribution in [0.1, 0.15) is 39.0 Å². The van der Waals surface area contributed by atoms with Gasteiger partial charge in [-0.15, -0.1) is 0 Å². The molecular weight excluding hydrogens is 204 g/mol. The summed E-state index contributed by atoms with van der Waals surface area (Å²) < 4.78 is 5.18. The maximum Gasteiger partial charge on any atom is 0.220 e. The molecule has 1 rings (SSSR count). The fourth-order valence-corrected chi connectivity index (χ4v) is 2.13. The Balaban J connectivity index is 2.01. The van der Waals surface area contributed by atoms with Crippen LogP contribution in [-0.2, 0) is 9.53 Å². The first kappa shape index (κ1) is 13.5. The second kappa shape index (κ2) is 7.63. The van der Waals surface area contributed by atoms with Gasteiger partial charge in [-0.05, 0) is 32.1 Å². The van der Waals surface area contributed by atoms with Gasteiger partial charge in [-0.3, -0.25) is 4.79 Å². The van der Waals surface area contributed by atoms with Gasteiger partial charge in [0, 0.05) is 32.2 Å². The largest absolute Gasteiger partial charge is 0.382 e. The summed E-state index contributed by atoms with van der Waals surface area (Å²) in [4.78, 5) is 11.5. The number of rotatable bonds is 7. The molecule has 2 unspecified atom stereocenters. The van der Waals surface area contributed by atoms with Gasteiger partial charge in [-0.1, -0.05) is 6.42 Å². The Hall–Kier alpha value is -0.610. The lowest BCUT2D eigenvalue weighted by Gasteiger charge is -2.15. The molecule has 0 heterocycles. The van der Waals surface area contributed by atoms with Crippen LogP contribution in [0.5, 0.6) is 0 Å². The zero-order chi connectivity index (χ0) is 11.8. The number of amides is 1. The third kappa shape index (κ3) is 4.94. The Kier molecular flexibility index (Phi) is 6.42. The average molecular weight is 228 g/mol. The molecule has 0 aromatic heterocycles. The highest BCUT2D eigenvalue weighted by Gasteiger charge is 2.23. The van der Waals surface area contributed by atoms with E-state index in [-0.39, 0.29) is 11.9 Å². The van der Waals surface area contributed by atoms with E-state index in [1.54, 1.807) is 0 Å². The van der Waals surface area contributed by atoms with Crippen molar-refractivity contribution in [2.24, 2.45) is 11.7 Å². The summed E-state index contributed by atoms with van der Waals surface area (Å²) in [5, 5.41) is 2.96. The number of carbonyl (C=O) groups is 1. The van der Waals surface area contributed by atoms with Crippen LogP contribution in [0, 0.1) is 5.92 Å². The summed E-state index contributed by atoms with van der Waals surface area (Å²) in [5.41, 5.74) is 5.93. The van der Waals surface area contributed by atoms with Crippen molar-refractivity contribution in [1.82, 2.24) is 5.32 Å². The Labute approximate surface area is 97.9 Å². The third-order valence-electron chi connectivity index (χ3n) is 3.18. The standard InChI is InChI=1S/C12H24N2O2/c1-2-16-8-4-7-12(15)14-9-10-5-3-6-11(10)13/h10-11H,2-9,13H2,1H3,(H,14,15). The topological polar surface area (TPSA) is 64.3 Å². The van der Waals surface area contributed by atoms with Crippen LogP contribution in [0.3, 0.4) is 0 Å². The predicted molar refractivity (Wildman–Crippen MR) is 64.1 cm³/mol. The molecule has 0 aromatic rings. The van der Waals surface area contributed by atoms with Crippen LogP contribution in [0.2, 0.25) is 0 Å². The fraction of sp³-hybridized carbons (Fsp3) is 0.917. The zero-order valence-corrected chi connectivity index (χ0v) is 10.2. The SMILES string of the molecule is CCOCCCC(=O)NCC1CCCC1N. The summed E-state index contributed by atoms with van der Waals surface area (Å²) in [5.74, 6) is 0.606. The minimum Gasteiger partial charge on any atom is -0.382 e. The highest BCUT2D eigenvalue weighted by molar-refractivity contribution is 5.75. The second-order valence-corrected chi connectivity index (χ2v) is 4.46. The molecule has 16 heavy (non-hydrogen) atoms. The smallest absolute Gasteiger partial charge is 0.220 e. The third-order valence-corrected chi connectivity index (χ3v) is 3.18. The van der Waals surface area contributed by atoms with Crippen molar-refractivity contribution >= 4 is 5.91 Å². The Morgan fingerprint density at radius 3 is 2.94 bits per heavy atom. The van der Waals surface area contributed by atoms with E-state index < -0.39 is 0 Å².